The van der Waals surface area contributed by atoms with Crippen LogP contribution >= 0.6 is 8.58 Å². The molecule has 0 aliphatic carbocycles. The van der Waals surface area contributed by atoms with Crippen LogP contribution in [0, 0.1) is 28.6 Å². The molecule has 1 atom stereocenters. The maximum Gasteiger partial charge on any atom is 0.137 e. The van der Waals surface area contributed by atoms with E-state index < -0.39 is 5.92 Å². The number of benzene rings is 1. The van der Waals surface area contributed by atoms with Gasteiger partial charge in [0.25, 0.3) is 0 Å². The van der Waals surface area contributed by atoms with Gasteiger partial charge in [-0.3, -0.25) is 0 Å². The summed E-state index contributed by atoms with van der Waals surface area (Å²) in [6.07, 6.45) is 0.650. The van der Waals surface area contributed by atoms with E-state index in [-0.39, 0.29) is 0 Å². The van der Waals surface area contributed by atoms with Crippen LogP contribution in [0.1, 0.15) is 0 Å². The second kappa shape index (κ2) is 5.31. The van der Waals surface area contributed by atoms with E-state index in [1.54, 1.807) is 0 Å². The van der Waals surface area contributed by atoms with E-state index >= 15 is 0 Å². The van der Waals surface area contributed by atoms with E-state index in [2.05, 4.69) is 0 Å². The summed E-state index contributed by atoms with van der Waals surface area (Å²) in [7, 11) is 0.553. The van der Waals surface area contributed by atoms with Crippen molar-refractivity contribution in [2.24, 2.45) is 5.92 Å². The van der Waals surface area contributed by atoms with Crippen LogP contribution in [-0.2, 0) is 0 Å². The Kier molecular flexibility index (Phi) is 3.97. The molecule has 64 valence electrons. The molecule has 1 aromatic carbocycles. The third kappa shape index (κ3) is 3.24. The minimum Gasteiger partial charge on any atom is -0.197 e. The van der Waals surface area contributed by atoms with Crippen molar-refractivity contribution in [2.75, 3.05) is 6.16 Å². The van der Waals surface area contributed by atoms with Crippen LogP contribution in [0.5, 0.6) is 0 Å². The zero-order valence-electron chi connectivity index (χ0n) is 7.07. The molecule has 1 unspecified atom stereocenters. The smallest absolute Gasteiger partial charge is 0.137 e. The molecule has 0 N–H and O–H groups in total. The summed E-state index contributed by atoms with van der Waals surface area (Å²) in [4.78, 5) is 0. The van der Waals surface area contributed by atoms with Gasteiger partial charge in [-0.2, -0.15) is 10.5 Å². The average molecular weight is 188 g/mol. The summed E-state index contributed by atoms with van der Waals surface area (Å²) in [5.74, 6) is -0.460. The average Bonchev–Trinajstić information content (AvgIpc) is 2.21. The lowest BCUT2D eigenvalue weighted by Crippen LogP contribution is -2.00. The van der Waals surface area contributed by atoms with Gasteiger partial charge < -0.3 is 0 Å². The predicted molar refractivity (Wildman–Crippen MR) is 54.0 cm³/mol. The maximum atomic E-state index is 8.54. The summed E-state index contributed by atoms with van der Waals surface area (Å²) >= 11 is 0. The van der Waals surface area contributed by atoms with Gasteiger partial charge in [-0.05, 0) is 11.5 Å². The van der Waals surface area contributed by atoms with E-state index in [1.807, 2.05) is 42.5 Å². The zero-order chi connectivity index (χ0) is 9.52. The summed E-state index contributed by atoms with van der Waals surface area (Å²) in [6.45, 7) is 0. The normalized spacial score (nSPS) is 10.1. The van der Waals surface area contributed by atoms with Crippen LogP contribution in [0.4, 0.5) is 0 Å². The van der Waals surface area contributed by atoms with Crippen molar-refractivity contribution >= 4 is 13.9 Å². The lowest BCUT2D eigenvalue weighted by Gasteiger charge is -2.00. The molecule has 0 aromatic heterocycles. The Labute approximate surface area is 79.6 Å². The fraction of sp³-hybridized carbons (Fsp3) is 0.200. The van der Waals surface area contributed by atoms with Gasteiger partial charge in [-0.15, -0.1) is 0 Å². The number of hydrogen-bond donors (Lipinski definition) is 0. The van der Waals surface area contributed by atoms with Gasteiger partial charge >= 0.3 is 0 Å². The van der Waals surface area contributed by atoms with E-state index in [0.717, 1.165) is 0 Å². The lowest BCUT2D eigenvalue weighted by atomic mass is 10.2. The number of nitrogens with zero attached hydrogens (tertiary/aromatic N) is 2. The van der Waals surface area contributed by atoms with E-state index in [9.17, 15) is 0 Å². The van der Waals surface area contributed by atoms with Crippen molar-refractivity contribution in [3.63, 3.8) is 0 Å². The lowest BCUT2D eigenvalue weighted by molar-refractivity contribution is 0.987. The van der Waals surface area contributed by atoms with Crippen LogP contribution in [0.25, 0.3) is 0 Å². The van der Waals surface area contributed by atoms with Crippen molar-refractivity contribution in [3.05, 3.63) is 30.3 Å². The van der Waals surface area contributed by atoms with Crippen molar-refractivity contribution < 1.29 is 0 Å². The first kappa shape index (κ1) is 9.72. The van der Waals surface area contributed by atoms with Gasteiger partial charge in [0.15, 0.2) is 0 Å². The van der Waals surface area contributed by atoms with Crippen molar-refractivity contribution in [3.8, 4) is 12.1 Å². The molecule has 1 rings (SSSR count). The largest absolute Gasteiger partial charge is 0.197 e. The van der Waals surface area contributed by atoms with Crippen molar-refractivity contribution in [2.45, 2.75) is 0 Å². The molecule has 0 fully saturated rings. The summed E-state index contributed by atoms with van der Waals surface area (Å²) in [6, 6.07) is 13.9. The SMILES string of the molecule is N#CC(C#N)CPc1ccccc1. The highest BCUT2D eigenvalue weighted by atomic mass is 31.1. The summed E-state index contributed by atoms with van der Waals surface area (Å²) in [5.41, 5.74) is 0. The minimum absolute atomic E-state index is 0.460. The van der Waals surface area contributed by atoms with E-state index in [1.165, 1.54) is 5.30 Å². The van der Waals surface area contributed by atoms with Crippen LogP contribution in [0.3, 0.4) is 0 Å². The van der Waals surface area contributed by atoms with Gasteiger partial charge in [-0.1, -0.05) is 38.9 Å². The molecular formula is C10H9N2P. The monoisotopic (exact) mass is 188 g/mol. The third-order valence-electron chi connectivity index (χ3n) is 1.60. The molecule has 0 radical (unpaired) electrons. The van der Waals surface area contributed by atoms with Crippen molar-refractivity contribution in [1.29, 1.82) is 10.5 Å². The number of rotatable bonds is 3. The number of hydrogen-bond acceptors (Lipinski definition) is 2. The molecule has 0 heterocycles. The molecule has 0 aliphatic rings. The molecule has 0 bridgehead atoms. The Morgan fingerprint density at radius 2 is 1.77 bits per heavy atom. The predicted octanol–water partition coefficient (Wildman–Crippen LogP) is 1.65. The fourth-order valence-electron chi connectivity index (χ4n) is 0.896. The molecule has 1 aromatic rings. The zero-order valence-corrected chi connectivity index (χ0v) is 8.07. The first-order valence-corrected chi connectivity index (χ1v) is 5.15. The van der Waals surface area contributed by atoms with Crippen LogP contribution in [-0.4, -0.2) is 6.16 Å². The topological polar surface area (TPSA) is 47.6 Å². The van der Waals surface area contributed by atoms with Crippen LogP contribution in [0.15, 0.2) is 30.3 Å². The second-order valence-electron chi connectivity index (χ2n) is 2.56. The first-order valence-electron chi connectivity index (χ1n) is 3.95. The number of nitriles is 2. The molecule has 0 saturated heterocycles. The molecular weight excluding hydrogens is 179 g/mol. The van der Waals surface area contributed by atoms with Gasteiger partial charge in [0.1, 0.15) is 5.92 Å². The fourth-order valence-corrected chi connectivity index (χ4v) is 1.95. The Morgan fingerprint density at radius 3 is 2.31 bits per heavy atom. The highest BCUT2D eigenvalue weighted by molar-refractivity contribution is 7.47. The quantitative estimate of drug-likeness (QED) is 0.677. The third-order valence-corrected chi connectivity index (χ3v) is 2.95. The Balaban J connectivity index is 2.45. The summed E-state index contributed by atoms with van der Waals surface area (Å²) in [5, 5.41) is 18.3. The van der Waals surface area contributed by atoms with Crippen LogP contribution < -0.4 is 5.30 Å². The highest BCUT2D eigenvalue weighted by Gasteiger charge is 2.04. The Hall–Kier alpha value is -1.37. The van der Waals surface area contributed by atoms with Crippen LogP contribution in [0.2, 0.25) is 0 Å². The minimum atomic E-state index is -0.460. The maximum absolute atomic E-state index is 8.54. The van der Waals surface area contributed by atoms with E-state index in [0.29, 0.717) is 14.7 Å². The van der Waals surface area contributed by atoms with E-state index in [4.69, 9.17) is 10.5 Å². The Morgan fingerprint density at radius 1 is 1.15 bits per heavy atom. The van der Waals surface area contributed by atoms with Gasteiger partial charge in [0.05, 0.1) is 12.1 Å². The van der Waals surface area contributed by atoms with Crippen molar-refractivity contribution in [1.82, 2.24) is 0 Å². The molecule has 0 spiro atoms. The summed E-state index contributed by atoms with van der Waals surface area (Å²) < 4.78 is 0. The highest BCUT2D eigenvalue weighted by Crippen LogP contribution is 2.13. The van der Waals surface area contributed by atoms with Gasteiger partial charge in [-0.25, -0.2) is 0 Å². The molecule has 13 heavy (non-hydrogen) atoms. The first-order chi connectivity index (χ1) is 6.36. The van der Waals surface area contributed by atoms with Gasteiger partial charge in [0.2, 0.25) is 0 Å². The molecule has 3 heteroatoms. The van der Waals surface area contributed by atoms with Gasteiger partial charge in [0, 0.05) is 0 Å². The molecule has 0 saturated carbocycles. The second-order valence-corrected chi connectivity index (χ2v) is 3.90. The standard InChI is InChI=1S/C10H9N2P/c11-6-9(7-12)8-13-10-4-2-1-3-5-10/h1-5,9,13H,8H2. The molecule has 0 aliphatic heterocycles. The Bertz CT molecular complexity index is 320. The molecule has 2 nitrogen and oxygen atoms in total. The molecule has 0 amide bonds.